The lowest BCUT2D eigenvalue weighted by Crippen LogP contribution is -2.46. The van der Waals surface area contributed by atoms with E-state index in [0.29, 0.717) is 17.9 Å². The second kappa shape index (κ2) is 9.01. The number of thiocarbonyl (C=S) groups is 1. The van der Waals surface area contributed by atoms with E-state index in [1.54, 1.807) is 25.3 Å². The number of furan rings is 1. The van der Waals surface area contributed by atoms with Gasteiger partial charge in [0.2, 0.25) is 0 Å². The number of ether oxygens (including phenoxy) is 1. The van der Waals surface area contributed by atoms with E-state index in [4.69, 9.17) is 21.4 Å². The lowest BCUT2D eigenvalue weighted by Gasteiger charge is -2.11. The summed E-state index contributed by atoms with van der Waals surface area (Å²) in [5.41, 5.74) is 6.75. The molecule has 6 nitrogen and oxygen atoms in total. The number of rotatable bonds is 5. The minimum absolute atomic E-state index is 0.102. The minimum atomic E-state index is -0.484. The number of halogens is 1. The molecule has 0 fully saturated rings. The van der Waals surface area contributed by atoms with Gasteiger partial charge in [-0.2, -0.15) is 0 Å². The fraction of sp³-hybridized carbons (Fsp3) is 0.100. The van der Waals surface area contributed by atoms with E-state index in [0.717, 1.165) is 11.3 Å². The molecule has 0 aliphatic carbocycles. The maximum absolute atomic E-state index is 13.0. The van der Waals surface area contributed by atoms with Crippen LogP contribution >= 0.6 is 12.2 Å². The van der Waals surface area contributed by atoms with Crippen molar-refractivity contribution in [2.75, 3.05) is 7.11 Å². The summed E-state index contributed by atoms with van der Waals surface area (Å²) in [5, 5.41) is 3.24. The smallest absolute Gasteiger partial charge is 0.305 e. The van der Waals surface area contributed by atoms with Gasteiger partial charge >= 0.3 is 5.91 Å². The first kappa shape index (κ1) is 19.4. The summed E-state index contributed by atoms with van der Waals surface area (Å²) in [5.74, 6) is 0.514. The number of nitrogens with one attached hydrogen (secondary N) is 3. The van der Waals surface area contributed by atoms with Crippen molar-refractivity contribution in [1.82, 2.24) is 16.2 Å². The van der Waals surface area contributed by atoms with Crippen LogP contribution in [0.4, 0.5) is 4.39 Å². The number of amides is 1. The molecule has 2 aromatic carbocycles. The number of hydrazine groups is 1. The largest absolute Gasteiger partial charge is 0.497 e. The van der Waals surface area contributed by atoms with Gasteiger partial charge in [0.25, 0.3) is 0 Å². The van der Waals surface area contributed by atoms with Gasteiger partial charge in [-0.1, -0.05) is 12.1 Å². The highest BCUT2D eigenvalue weighted by atomic mass is 32.1. The molecule has 0 saturated heterocycles. The quantitative estimate of drug-likeness (QED) is 0.451. The maximum atomic E-state index is 13.0. The van der Waals surface area contributed by atoms with E-state index >= 15 is 0 Å². The number of methoxy groups -OCH3 is 1. The van der Waals surface area contributed by atoms with Gasteiger partial charge < -0.3 is 14.5 Å². The van der Waals surface area contributed by atoms with E-state index in [1.807, 2.05) is 24.3 Å². The normalized spacial score (nSPS) is 10.2. The summed E-state index contributed by atoms with van der Waals surface area (Å²) in [4.78, 5) is 12.2. The molecule has 0 spiro atoms. The zero-order valence-electron chi connectivity index (χ0n) is 15.0. The third-order valence-electron chi connectivity index (χ3n) is 3.86. The molecule has 0 aliphatic rings. The van der Waals surface area contributed by atoms with E-state index in [1.165, 1.54) is 18.2 Å². The third-order valence-corrected chi connectivity index (χ3v) is 4.11. The standard InChI is InChI=1S/C20H18FN3O3S/c1-26-16-8-2-13(3-9-16)12-22-20(28)24-23-19(25)18-11-10-17(27-18)14-4-6-15(21)7-5-14/h2-11H,12H2,1H3,(H,23,25)(H2,22,24,28). The van der Waals surface area contributed by atoms with E-state index in [2.05, 4.69) is 16.2 Å². The van der Waals surface area contributed by atoms with Crippen molar-refractivity contribution in [3.63, 3.8) is 0 Å². The molecule has 3 rings (SSSR count). The van der Waals surface area contributed by atoms with Gasteiger partial charge in [0.1, 0.15) is 17.3 Å². The first-order valence-electron chi connectivity index (χ1n) is 8.38. The molecule has 3 N–H and O–H groups in total. The Hall–Kier alpha value is -3.39. The van der Waals surface area contributed by atoms with Gasteiger partial charge in [-0.05, 0) is 66.3 Å². The van der Waals surface area contributed by atoms with Crippen LogP contribution in [0.1, 0.15) is 16.1 Å². The average molecular weight is 399 g/mol. The highest BCUT2D eigenvalue weighted by Gasteiger charge is 2.12. The summed E-state index contributed by atoms with van der Waals surface area (Å²) >= 11 is 5.14. The number of hydrogen-bond acceptors (Lipinski definition) is 4. The SMILES string of the molecule is COc1ccc(CNC(=S)NNC(=O)c2ccc(-c3ccc(F)cc3)o2)cc1. The van der Waals surface area contributed by atoms with Crippen LogP contribution in [0.5, 0.6) is 5.75 Å². The van der Waals surface area contributed by atoms with Gasteiger partial charge in [0.15, 0.2) is 10.9 Å². The van der Waals surface area contributed by atoms with E-state index in [-0.39, 0.29) is 16.7 Å². The molecule has 0 radical (unpaired) electrons. The molecule has 3 aromatic rings. The zero-order chi connectivity index (χ0) is 19.9. The summed E-state index contributed by atoms with van der Waals surface area (Å²) in [6, 6.07) is 16.5. The Bertz CT molecular complexity index is 956. The molecule has 0 aliphatic heterocycles. The Kier molecular flexibility index (Phi) is 6.23. The molecule has 28 heavy (non-hydrogen) atoms. The Morgan fingerprint density at radius 2 is 1.75 bits per heavy atom. The van der Waals surface area contributed by atoms with Crippen molar-refractivity contribution in [3.05, 3.63) is 77.8 Å². The monoisotopic (exact) mass is 399 g/mol. The van der Waals surface area contributed by atoms with Gasteiger partial charge in [-0.3, -0.25) is 15.6 Å². The molecule has 0 unspecified atom stereocenters. The first-order chi connectivity index (χ1) is 13.5. The Balaban J connectivity index is 1.48. The third kappa shape index (κ3) is 5.08. The van der Waals surface area contributed by atoms with E-state index in [9.17, 15) is 9.18 Å². The lowest BCUT2D eigenvalue weighted by atomic mass is 10.2. The first-order valence-corrected chi connectivity index (χ1v) is 8.79. The molecular weight excluding hydrogens is 381 g/mol. The van der Waals surface area contributed by atoms with Crippen molar-refractivity contribution in [3.8, 4) is 17.1 Å². The summed E-state index contributed by atoms with van der Waals surface area (Å²) in [6.45, 7) is 0.487. The van der Waals surface area contributed by atoms with Gasteiger partial charge in [0, 0.05) is 12.1 Å². The number of carbonyl (C=O) groups is 1. The van der Waals surface area contributed by atoms with Crippen LogP contribution in [0.2, 0.25) is 0 Å². The van der Waals surface area contributed by atoms with Crippen molar-refractivity contribution in [2.45, 2.75) is 6.54 Å². The molecule has 0 saturated carbocycles. The summed E-state index contributed by atoms with van der Waals surface area (Å²) in [7, 11) is 1.61. The molecule has 1 aromatic heterocycles. The van der Waals surface area contributed by atoms with Crippen LogP contribution in [0, 0.1) is 5.82 Å². The van der Waals surface area contributed by atoms with Crippen molar-refractivity contribution in [1.29, 1.82) is 0 Å². The Morgan fingerprint density at radius 3 is 2.43 bits per heavy atom. The highest BCUT2D eigenvalue weighted by molar-refractivity contribution is 7.80. The number of benzene rings is 2. The second-order valence-corrected chi connectivity index (χ2v) is 6.19. The molecule has 8 heteroatoms. The molecule has 144 valence electrons. The highest BCUT2D eigenvalue weighted by Crippen LogP contribution is 2.22. The maximum Gasteiger partial charge on any atom is 0.305 e. The van der Waals surface area contributed by atoms with Crippen LogP contribution in [-0.4, -0.2) is 18.1 Å². The molecule has 0 bridgehead atoms. The van der Waals surface area contributed by atoms with Gasteiger partial charge in [0.05, 0.1) is 7.11 Å². The topological polar surface area (TPSA) is 75.5 Å². The fourth-order valence-electron chi connectivity index (χ4n) is 2.37. The molecule has 1 heterocycles. The second-order valence-electron chi connectivity index (χ2n) is 5.78. The fourth-order valence-corrected chi connectivity index (χ4v) is 2.50. The summed E-state index contributed by atoms with van der Waals surface area (Å²) < 4.78 is 23.6. The Labute approximate surface area is 166 Å². The van der Waals surface area contributed by atoms with E-state index < -0.39 is 5.91 Å². The lowest BCUT2D eigenvalue weighted by molar-refractivity contribution is 0.0916. The van der Waals surface area contributed by atoms with Crippen LogP contribution in [0.25, 0.3) is 11.3 Å². The van der Waals surface area contributed by atoms with Crippen LogP contribution in [0.3, 0.4) is 0 Å². The van der Waals surface area contributed by atoms with Crippen LogP contribution < -0.4 is 20.9 Å². The number of hydrogen-bond donors (Lipinski definition) is 3. The summed E-state index contributed by atoms with van der Waals surface area (Å²) in [6.07, 6.45) is 0. The molecule has 0 atom stereocenters. The van der Waals surface area contributed by atoms with Crippen LogP contribution in [-0.2, 0) is 6.54 Å². The number of carbonyl (C=O) groups excluding carboxylic acids is 1. The van der Waals surface area contributed by atoms with Gasteiger partial charge in [-0.15, -0.1) is 0 Å². The van der Waals surface area contributed by atoms with Crippen molar-refractivity contribution in [2.24, 2.45) is 0 Å². The zero-order valence-corrected chi connectivity index (χ0v) is 15.8. The Morgan fingerprint density at radius 1 is 1.04 bits per heavy atom. The predicted molar refractivity (Wildman–Crippen MR) is 107 cm³/mol. The molecule has 1 amide bonds. The van der Waals surface area contributed by atoms with Gasteiger partial charge in [-0.25, -0.2) is 4.39 Å². The van der Waals surface area contributed by atoms with Crippen molar-refractivity contribution >= 4 is 23.2 Å². The predicted octanol–water partition coefficient (Wildman–Crippen LogP) is 3.40. The average Bonchev–Trinajstić information content (AvgIpc) is 3.21. The molecular formula is C20H18FN3O3S. The van der Waals surface area contributed by atoms with Crippen LogP contribution in [0.15, 0.2) is 65.1 Å². The minimum Gasteiger partial charge on any atom is -0.497 e. The van der Waals surface area contributed by atoms with Crippen molar-refractivity contribution < 1.29 is 18.3 Å².